The molecule has 0 rings (SSSR count). The van der Waals surface area contributed by atoms with Crippen molar-refractivity contribution in [2.45, 2.75) is 297 Å². The molecule has 0 saturated heterocycles. The molecule has 0 fully saturated rings. The molecule has 1 unspecified atom stereocenters. The standard InChI is InChI=1S/C69H116O6/c1-4-7-10-13-16-19-22-25-28-31-32-33-34-35-36-37-38-39-42-44-47-50-53-56-59-62-68(71)74-65-66(75-69(72)63-60-57-54-51-48-45-41-30-27-24-21-18-15-12-9-6-3)64-73-67(70)61-58-55-52-49-46-43-40-29-26-23-20-17-14-11-8-5-2/h7,10,16,19,21,24-25,28-30,32-33,35-36,38-41,66H,4-6,8-9,11-15,17-18,20,22-23,26-27,31,34,37,42-65H2,1-3H3/b10-7-,19-16-,24-21-,28-25-,33-32-,36-35-,39-38-,40-29-,41-30-. The van der Waals surface area contributed by atoms with E-state index < -0.39 is 6.10 Å². The molecule has 0 N–H and O–H groups in total. The van der Waals surface area contributed by atoms with E-state index in [-0.39, 0.29) is 31.1 Å². The predicted octanol–water partition coefficient (Wildman–Crippen LogP) is 21.4. The summed E-state index contributed by atoms with van der Waals surface area (Å²) in [6.07, 6.45) is 85.1. The number of unbranched alkanes of at least 4 members (excludes halogenated alkanes) is 27. The van der Waals surface area contributed by atoms with Crippen molar-refractivity contribution in [1.82, 2.24) is 0 Å². The van der Waals surface area contributed by atoms with Crippen LogP contribution in [-0.4, -0.2) is 37.2 Å². The smallest absolute Gasteiger partial charge is 0.306 e. The molecule has 428 valence electrons. The van der Waals surface area contributed by atoms with Gasteiger partial charge in [0.2, 0.25) is 0 Å². The third kappa shape index (κ3) is 60.8. The monoisotopic (exact) mass is 1040 g/mol. The fourth-order valence-corrected chi connectivity index (χ4v) is 8.53. The Morgan fingerprint density at radius 1 is 0.280 bits per heavy atom. The zero-order valence-corrected chi connectivity index (χ0v) is 49.0. The molecule has 75 heavy (non-hydrogen) atoms. The van der Waals surface area contributed by atoms with Crippen molar-refractivity contribution in [2.75, 3.05) is 13.2 Å². The van der Waals surface area contributed by atoms with Gasteiger partial charge in [-0.1, -0.05) is 252 Å². The van der Waals surface area contributed by atoms with E-state index in [1.165, 1.54) is 109 Å². The fourth-order valence-electron chi connectivity index (χ4n) is 8.53. The number of carbonyl (C=O) groups is 3. The van der Waals surface area contributed by atoms with Crippen molar-refractivity contribution >= 4 is 17.9 Å². The van der Waals surface area contributed by atoms with E-state index in [0.717, 1.165) is 141 Å². The van der Waals surface area contributed by atoms with Gasteiger partial charge in [0.1, 0.15) is 13.2 Å². The van der Waals surface area contributed by atoms with Gasteiger partial charge in [-0.15, -0.1) is 0 Å². The van der Waals surface area contributed by atoms with Crippen LogP contribution in [0.1, 0.15) is 290 Å². The van der Waals surface area contributed by atoms with Crippen molar-refractivity contribution < 1.29 is 28.6 Å². The molecule has 0 aliphatic rings. The Labute approximate surface area is 463 Å². The van der Waals surface area contributed by atoms with Crippen molar-refractivity contribution in [2.24, 2.45) is 0 Å². The van der Waals surface area contributed by atoms with Gasteiger partial charge in [-0.2, -0.15) is 0 Å². The van der Waals surface area contributed by atoms with Gasteiger partial charge in [0.05, 0.1) is 0 Å². The maximum absolute atomic E-state index is 12.9. The van der Waals surface area contributed by atoms with Gasteiger partial charge in [-0.3, -0.25) is 14.4 Å². The van der Waals surface area contributed by atoms with Crippen LogP contribution in [0, 0.1) is 0 Å². The number of hydrogen-bond donors (Lipinski definition) is 0. The van der Waals surface area contributed by atoms with E-state index in [2.05, 4.69) is 130 Å². The Morgan fingerprint density at radius 2 is 0.520 bits per heavy atom. The van der Waals surface area contributed by atoms with Crippen molar-refractivity contribution in [3.05, 3.63) is 109 Å². The van der Waals surface area contributed by atoms with Gasteiger partial charge in [0, 0.05) is 19.3 Å². The lowest BCUT2D eigenvalue weighted by Gasteiger charge is -2.18. The summed E-state index contributed by atoms with van der Waals surface area (Å²) in [7, 11) is 0. The van der Waals surface area contributed by atoms with Gasteiger partial charge in [-0.25, -0.2) is 0 Å². The lowest BCUT2D eigenvalue weighted by atomic mass is 10.1. The SMILES string of the molecule is CC/C=C\C/C=C\C/C=C\C/C=C\C/C=C\C/C=C\CCCCCCCCC(=O)OCC(COC(=O)CCCCCCC/C=C\CCCCCCCCC)OC(=O)CCCCCCC/C=C\C/C=C\CCCCCC. The van der Waals surface area contributed by atoms with Crippen LogP contribution in [0.3, 0.4) is 0 Å². The third-order valence-corrected chi connectivity index (χ3v) is 13.2. The minimum absolute atomic E-state index is 0.0934. The highest BCUT2D eigenvalue weighted by molar-refractivity contribution is 5.71. The number of rotatable bonds is 56. The molecular formula is C69H116O6. The second-order valence-electron chi connectivity index (χ2n) is 20.6. The summed E-state index contributed by atoms with van der Waals surface area (Å²) >= 11 is 0. The summed E-state index contributed by atoms with van der Waals surface area (Å²) in [6.45, 7) is 6.49. The largest absolute Gasteiger partial charge is 0.462 e. The number of hydrogen-bond acceptors (Lipinski definition) is 6. The first-order valence-corrected chi connectivity index (χ1v) is 31.4. The molecule has 0 aliphatic carbocycles. The molecular weight excluding hydrogens is 925 g/mol. The van der Waals surface area contributed by atoms with Crippen LogP contribution in [-0.2, 0) is 28.6 Å². The molecule has 0 aromatic rings. The summed E-state index contributed by atoms with van der Waals surface area (Å²) in [6, 6.07) is 0. The maximum atomic E-state index is 12.9. The first-order valence-electron chi connectivity index (χ1n) is 31.4. The van der Waals surface area contributed by atoms with Crippen LogP contribution < -0.4 is 0 Å². The molecule has 6 nitrogen and oxygen atoms in total. The molecule has 1 atom stereocenters. The lowest BCUT2D eigenvalue weighted by Crippen LogP contribution is -2.30. The van der Waals surface area contributed by atoms with Gasteiger partial charge < -0.3 is 14.2 Å². The molecule has 0 aliphatic heterocycles. The predicted molar refractivity (Wildman–Crippen MR) is 325 cm³/mol. The summed E-state index contributed by atoms with van der Waals surface area (Å²) in [5.74, 6) is -0.924. The molecule has 0 aromatic heterocycles. The van der Waals surface area contributed by atoms with E-state index >= 15 is 0 Å². The topological polar surface area (TPSA) is 78.9 Å². The van der Waals surface area contributed by atoms with Crippen LogP contribution in [0.5, 0.6) is 0 Å². The molecule has 0 heterocycles. The van der Waals surface area contributed by atoms with Crippen LogP contribution in [0.15, 0.2) is 109 Å². The lowest BCUT2D eigenvalue weighted by molar-refractivity contribution is -0.167. The van der Waals surface area contributed by atoms with Crippen molar-refractivity contribution in [3.8, 4) is 0 Å². The number of ether oxygens (including phenoxy) is 3. The molecule has 0 spiro atoms. The van der Waals surface area contributed by atoms with Gasteiger partial charge in [0.15, 0.2) is 6.10 Å². The minimum Gasteiger partial charge on any atom is -0.462 e. The van der Waals surface area contributed by atoms with E-state index in [9.17, 15) is 14.4 Å². The Balaban J connectivity index is 4.42. The summed E-state index contributed by atoms with van der Waals surface area (Å²) < 4.78 is 16.9. The Morgan fingerprint density at radius 3 is 0.840 bits per heavy atom. The zero-order chi connectivity index (χ0) is 54.3. The number of esters is 3. The Hall–Kier alpha value is -3.93. The molecule has 6 heteroatoms. The van der Waals surface area contributed by atoms with E-state index in [0.29, 0.717) is 19.3 Å². The highest BCUT2D eigenvalue weighted by atomic mass is 16.6. The fraction of sp³-hybridized carbons (Fsp3) is 0.696. The second-order valence-corrected chi connectivity index (χ2v) is 20.6. The zero-order valence-electron chi connectivity index (χ0n) is 49.0. The highest BCUT2D eigenvalue weighted by Crippen LogP contribution is 2.15. The van der Waals surface area contributed by atoms with Crippen LogP contribution in [0.25, 0.3) is 0 Å². The van der Waals surface area contributed by atoms with Crippen LogP contribution >= 0.6 is 0 Å². The average molecular weight is 1040 g/mol. The molecule has 0 radical (unpaired) electrons. The summed E-state index contributed by atoms with van der Waals surface area (Å²) in [4.78, 5) is 38.3. The Kier molecular flexibility index (Phi) is 59.3. The average Bonchev–Trinajstić information content (AvgIpc) is 3.41. The first-order chi connectivity index (χ1) is 37.0. The van der Waals surface area contributed by atoms with Crippen LogP contribution in [0.4, 0.5) is 0 Å². The van der Waals surface area contributed by atoms with Crippen molar-refractivity contribution in [1.29, 1.82) is 0 Å². The molecule has 0 amide bonds. The van der Waals surface area contributed by atoms with Gasteiger partial charge in [0.25, 0.3) is 0 Å². The number of allylic oxidation sites excluding steroid dienone is 18. The van der Waals surface area contributed by atoms with E-state index in [1.54, 1.807) is 0 Å². The maximum Gasteiger partial charge on any atom is 0.306 e. The van der Waals surface area contributed by atoms with E-state index in [1.807, 2.05) is 0 Å². The summed E-state index contributed by atoms with van der Waals surface area (Å²) in [5, 5.41) is 0. The van der Waals surface area contributed by atoms with Crippen LogP contribution in [0.2, 0.25) is 0 Å². The molecule has 0 aromatic carbocycles. The number of carbonyl (C=O) groups excluding carboxylic acids is 3. The summed E-state index contributed by atoms with van der Waals surface area (Å²) in [5.41, 5.74) is 0. The highest BCUT2D eigenvalue weighted by Gasteiger charge is 2.19. The van der Waals surface area contributed by atoms with Crippen molar-refractivity contribution in [3.63, 3.8) is 0 Å². The van der Waals surface area contributed by atoms with Gasteiger partial charge >= 0.3 is 17.9 Å². The molecule has 0 bridgehead atoms. The minimum atomic E-state index is -0.798. The quantitative estimate of drug-likeness (QED) is 0.0261. The van der Waals surface area contributed by atoms with Gasteiger partial charge in [-0.05, 0) is 128 Å². The molecule has 0 saturated carbocycles. The second kappa shape index (κ2) is 62.6. The normalized spacial score (nSPS) is 12.8. The Bertz CT molecular complexity index is 1520. The van der Waals surface area contributed by atoms with E-state index in [4.69, 9.17) is 14.2 Å². The first kappa shape index (κ1) is 71.1. The third-order valence-electron chi connectivity index (χ3n) is 13.2.